The van der Waals surface area contributed by atoms with Gasteiger partial charge in [-0.2, -0.15) is 0 Å². The lowest BCUT2D eigenvalue weighted by Crippen LogP contribution is -2.39. The average Bonchev–Trinajstić information content (AvgIpc) is 3.41. The summed E-state index contributed by atoms with van der Waals surface area (Å²) in [5.41, 5.74) is 5.47. The Kier molecular flexibility index (Phi) is 7.40. The van der Waals surface area contributed by atoms with Gasteiger partial charge in [0.1, 0.15) is 0 Å². The molecule has 0 saturated heterocycles. The van der Waals surface area contributed by atoms with E-state index < -0.39 is 11.9 Å². The van der Waals surface area contributed by atoms with Gasteiger partial charge in [0.25, 0.3) is 0 Å². The third-order valence-electron chi connectivity index (χ3n) is 8.44. The van der Waals surface area contributed by atoms with E-state index in [1.807, 2.05) is 35.8 Å². The quantitative estimate of drug-likeness (QED) is 0.369. The number of aromatic nitrogens is 2. The second-order valence-corrected chi connectivity index (χ2v) is 12.3. The van der Waals surface area contributed by atoms with Gasteiger partial charge < -0.3 is 10.0 Å². The highest BCUT2D eigenvalue weighted by atomic mass is 32.1. The summed E-state index contributed by atoms with van der Waals surface area (Å²) in [5, 5.41) is 12.2. The number of amides is 2. The number of thiazole rings is 1. The first-order valence-electron chi connectivity index (χ1n) is 14.2. The van der Waals surface area contributed by atoms with Crippen LogP contribution in [0.4, 0.5) is 5.13 Å². The molecule has 2 aliphatic carbocycles. The maximum atomic E-state index is 13.9. The summed E-state index contributed by atoms with van der Waals surface area (Å²) in [7, 11) is 1.80. The van der Waals surface area contributed by atoms with Crippen LogP contribution >= 0.6 is 11.3 Å². The molecule has 0 bridgehead atoms. The van der Waals surface area contributed by atoms with Gasteiger partial charge in [-0.1, -0.05) is 49.9 Å². The van der Waals surface area contributed by atoms with Gasteiger partial charge in [0, 0.05) is 41.7 Å². The number of carbonyl (C=O) groups excluding carboxylic acids is 2. The van der Waals surface area contributed by atoms with Crippen molar-refractivity contribution in [3.05, 3.63) is 53.2 Å². The summed E-state index contributed by atoms with van der Waals surface area (Å²) in [6.45, 7) is 0.514. The zero-order chi connectivity index (χ0) is 27.8. The van der Waals surface area contributed by atoms with E-state index in [9.17, 15) is 19.5 Å². The lowest BCUT2D eigenvalue weighted by molar-refractivity contribution is -0.141. The van der Waals surface area contributed by atoms with Crippen molar-refractivity contribution in [3.63, 3.8) is 0 Å². The minimum atomic E-state index is -0.923. The molecule has 0 radical (unpaired) electrons. The zero-order valence-electron chi connectivity index (χ0n) is 22.7. The number of rotatable bonds is 9. The third-order valence-corrected chi connectivity index (χ3v) is 9.28. The van der Waals surface area contributed by atoms with Gasteiger partial charge >= 0.3 is 5.97 Å². The molecule has 6 rings (SSSR count). The molecule has 1 unspecified atom stereocenters. The SMILES string of the molecule is CN1Cc2ncc(-c3ccccc3-c3csc(N(C(=O)C(CC(=O)O)CC4CCCC4)C4CC4)n3)cc2CC1=O. The van der Waals surface area contributed by atoms with Crippen molar-refractivity contribution in [2.75, 3.05) is 11.9 Å². The molecule has 1 aliphatic heterocycles. The number of carboxylic acids is 1. The number of carboxylic acid groups (broad SMARTS) is 1. The molecular formula is C31H34N4O4S. The molecule has 40 heavy (non-hydrogen) atoms. The highest BCUT2D eigenvalue weighted by Crippen LogP contribution is 2.41. The minimum Gasteiger partial charge on any atom is -0.481 e. The van der Waals surface area contributed by atoms with Gasteiger partial charge in [-0.3, -0.25) is 24.3 Å². The summed E-state index contributed by atoms with van der Waals surface area (Å²) in [6, 6.07) is 10.1. The van der Waals surface area contributed by atoms with Crippen molar-refractivity contribution in [1.82, 2.24) is 14.9 Å². The molecule has 3 aliphatic rings. The predicted molar refractivity (Wildman–Crippen MR) is 154 cm³/mol. The highest BCUT2D eigenvalue weighted by Gasteiger charge is 2.40. The fourth-order valence-corrected chi connectivity index (χ4v) is 7.04. The number of fused-ring (bicyclic) bond motifs is 1. The Morgan fingerprint density at radius 2 is 1.90 bits per heavy atom. The smallest absolute Gasteiger partial charge is 0.304 e. The fraction of sp³-hybridized carbons (Fsp3) is 0.452. The van der Waals surface area contributed by atoms with Crippen molar-refractivity contribution in [3.8, 4) is 22.4 Å². The van der Waals surface area contributed by atoms with E-state index in [1.165, 1.54) is 11.3 Å². The van der Waals surface area contributed by atoms with Crippen LogP contribution in [0.2, 0.25) is 0 Å². The van der Waals surface area contributed by atoms with Crippen LogP contribution < -0.4 is 4.90 Å². The molecule has 1 atom stereocenters. The van der Waals surface area contributed by atoms with Crippen LogP contribution in [0.25, 0.3) is 22.4 Å². The van der Waals surface area contributed by atoms with E-state index in [-0.39, 0.29) is 24.3 Å². The van der Waals surface area contributed by atoms with Crippen molar-refractivity contribution >= 4 is 34.3 Å². The number of benzene rings is 1. The first-order valence-corrected chi connectivity index (χ1v) is 15.1. The Labute approximate surface area is 238 Å². The number of anilines is 1. The van der Waals surface area contributed by atoms with Gasteiger partial charge in [-0.05, 0) is 42.4 Å². The molecule has 3 heterocycles. The van der Waals surface area contributed by atoms with Crippen molar-refractivity contribution in [1.29, 1.82) is 0 Å². The van der Waals surface area contributed by atoms with Gasteiger partial charge in [-0.25, -0.2) is 4.98 Å². The van der Waals surface area contributed by atoms with Crippen molar-refractivity contribution in [2.24, 2.45) is 11.8 Å². The summed E-state index contributed by atoms with van der Waals surface area (Å²) in [4.78, 5) is 51.0. The molecule has 2 saturated carbocycles. The van der Waals surface area contributed by atoms with E-state index in [0.717, 1.165) is 72.2 Å². The normalized spacial score (nSPS) is 18.0. The standard InChI is InChI=1S/C31H34N4O4S/c1-34-17-26-20(14-28(34)36)13-22(16-32-26)24-8-4-5-9-25(24)27-18-40-31(33-27)35(23-10-11-23)30(39)21(15-29(37)38)12-19-6-2-3-7-19/h4-5,8-9,13,16,18-19,21,23H,2-3,6-7,10-12,14-15,17H2,1H3,(H,37,38). The third kappa shape index (κ3) is 5.52. The van der Waals surface area contributed by atoms with E-state index >= 15 is 0 Å². The van der Waals surface area contributed by atoms with Gasteiger partial charge in [0.05, 0.1) is 30.8 Å². The van der Waals surface area contributed by atoms with Crippen LogP contribution in [-0.2, 0) is 27.3 Å². The topological polar surface area (TPSA) is 104 Å². The fourth-order valence-electron chi connectivity index (χ4n) is 6.14. The van der Waals surface area contributed by atoms with Crippen LogP contribution in [0.3, 0.4) is 0 Å². The molecule has 9 heteroatoms. The number of nitrogens with zero attached hydrogens (tertiary/aromatic N) is 4. The zero-order valence-corrected chi connectivity index (χ0v) is 23.5. The van der Waals surface area contributed by atoms with E-state index in [2.05, 4.69) is 11.1 Å². The van der Waals surface area contributed by atoms with Crippen molar-refractivity contribution < 1.29 is 19.5 Å². The molecule has 2 aromatic heterocycles. The molecule has 1 N–H and O–H groups in total. The number of hydrogen-bond acceptors (Lipinski definition) is 6. The molecule has 2 fully saturated rings. The average molecular weight is 559 g/mol. The molecular weight excluding hydrogens is 524 g/mol. The van der Waals surface area contributed by atoms with Gasteiger partial charge in [0.15, 0.2) is 5.13 Å². The maximum Gasteiger partial charge on any atom is 0.304 e. The number of likely N-dealkylation sites (N-methyl/N-ethyl adjacent to an activating group) is 1. The Morgan fingerprint density at radius 3 is 2.62 bits per heavy atom. The molecule has 208 valence electrons. The van der Waals surface area contributed by atoms with Crippen molar-refractivity contribution in [2.45, 2.75) is 70.4 Å². The Bertz CT molecular complexity index is 1440. The maximum absolute atomic E-state index is 13.9. The molecule has 1 aromatic carbocycles. The molecule has 3 aromatic rings. The summed E-state index contributed by atoms with van der Waals surface area (Å²) in [5.74, 6) is -1.03. The number of pyridine rings is 1. The predicted octanol–water partition coefficient (Wildman–Crippen LogP) is 5.55. The monoisotopic (exact) mass is 558 g/mol. The Hall–Kier alpha value is -3.59. The largest absolute Gasteiger partial charge is 0.481 e. The van der Waals surface area contributed by atoms with Crippen LogP contribution in [0.5, 0.6) is 0 Å². The Balaban J connectivity index is 1.29. The van der Waals surface area contributed by atoms with Crippen LogP contribution in [0, 0.1) is 11.8 Å². The number of aliphatic carboxylic acids is 1. The summed E-state index contributed by atoms with van der Waals surface area (Å²) >= 11 is 1.44. The first-order chi connectivity index (χ1) is 19.4. The van der Waals surface area contributed by atoms with E-state index in [1.54, 1.807) is 16.8 Å². The first kappa shape index (κ1) is 26.6. The van der Waals surface area contributed by atoms with Gasteiger partial charge in [0.2, 0.25) is 11.8 Å². The molecule has 2 amide bonds. The van der Waals surface area contributed by atoms with Crippen LogP contribution in [0.1, 0.15) is 62.6 Å². The second-order valence-electron chi connectivity index (χ2n) is 11.4. The van der Waals surface area contributed by atoms with Crippen LogP contribution in [0.15, 0.2) is 41.9 Å². The van der Waals surface area contributed by atoms with E-state index in [4.69, 9.17) is 4.98 Å². The lowest BCUT2D eigenvalue weighted by atomic mass is 9.90. The minimum absolute atomic E-state index is 0.0853. The highest BCUT2D eigenvalue weighted by molar-refractivity contribution is 7.14. The number of hydrogen-bond donors (Lipinski definition) is 1. The van der Waals surface area contributed by atoms with E-state index in [0.29, 0.717) is 30.4 Å². The lowest BCUT2D eigenvalue weighted by Gasteiger charge is -2.26. The molecule has 8 nitrogen and oxygen atoms in total. The summed E-state index contributed by atoms with van der Waals surface area (Å²) in [6.07, 6.45) is 8.99. The Morgan fingerprint density at radius 1 is 1.15 bits per heavy atom. The number of carbonyl (C=O) groups is 3. The van der Waals surface area contributed by atoms with Gasteiger partial charge in [-0.15, -0.1) is 11.3 Å². The molecule has 0 spiro atoms. The second kappa shape index (κ2) is 11.1. The van der Waals surface area contributed by atoms with Crippen LogP contribution in [-0.4, -0.2) is 50.8 Å². The summed E-state index contributed by atoms with van der Waals surface area (Å²) < 4.78 is 0.